The fourth-order valence-electron chi connectivity index (χ4n) is 7.33. The van der Waals surface area contributed by atoms with Crippen molar-refractivity contribution in [3.05, 3.63) is 60.7 Å². The van der Waals surface area contributed by atoms with Gasteiger partial charge in [-0.15, -0.1) is 0 Å². The summed E-state index contributed by atoms with van der Waals surface area (Å²) in [5.74, 6) is 0.253. The van der Waals surface area contributed by atoms with Crippen LogP contribution in [-0.2, 0) is 18.7 Å². The highest BCUT2D eigenvalue weighted by molar-refractivity contribution is 6.99. The van der Waals surface area contributed by atoms with E-state index in [4.69, 9.17) is 13.9 Å². The topological polar surface area (TPSA) is 68.3 Å². The zero-order chi connectivity index (χ0) is 28.9. The molecule has 3 bridgehead atoms. The van der Waals surface area contributed by atoms with Gasteiger partial charge >= 0.3 is 6.09 Å². The number of nitrogens with zero attached hydrogens (tertiary/aromatic N) is 2. The second kappa shape index (κ2) is 10.6. The molecule has 216 valence electrons. The molecule has 5 atom stereocenters. The van der Waals surface area contributed by atoms with Gasteiger partial charge in [0.05, 0.1) is 24.2 Å². The Labute approximate surface area is 239 Å². The lowest BCUT2D eigenvalue weighted by molar-refractivity contribution is -0.142. The molecule has 3 heterocycles. The van der Waals surface area contributed by atoms with Gasteiger partial charge in [-0.05, 0) is 54.9 Å². The van der Waals surface area contributed by atoms with Crippen LogP contribution in [0.25, 0.3) is 0 Å². The number of amides is 2. The van der Waals surface area contributed by atoms with E-state index in [-0.39, 0.29) is 47.9 Å². The fraction of sp³-hybridized carbons (Fsp3) is 0.562. The van der Waals surface area contributed by atoms with E-state index in [1.54, 1.807) is 7.11 Å². The Morgan fingerprint density at radius 2 is 1.43 bits per heavy atom. The Bertz CT molecular complexity index is 1170. The lowest BCUT2D eigenvalue weighted by Crippen LogP contribution is -2.69. The van der Waals surface area contributed by atoms with Crippen molar-refractivity contribution in [3.8, 4) is 0 Å². The van der Waals surface area contributed by atoms with Crippen molar-refractivity contribution >= 4 is 30.7 Å². The molecule has 5 rings (SSSR count). The van der Waals surface area contributed by atoms with E-state index in [0.29, 0.717) is 12.5 Å². The molecule has 1 unspecified atom stereocenters. The zero-order valence-corrected chi connectivity index (χ0v) is 25.9. The summed E-state index contributed by atoms with van der Waals surface area (Å²) < 4.78 is 18.9. The van der Waals surface area contributed by atoms with Crippen LogP contribution in [0.2, 0.25) is 5.04 Å². The second-order valence-corrected chi connectivity index (χ2v) is 17.8. The van der Waals surface area contributed by atoms with Crippen LogP contribution in [-0.4, -0.2) is 80.2 Å². The van der Waals surface area contributed by atoms with E-state index >= 15 is 0 Å². The minimum atomic E-state index is -2.96. The number of carbonyl (C=O) groups excluding carboxylic acids is 2. The molecule has 2 aromatic carbocycles. The zero-order valence-electron chi connectivity index (χ0n) is 24.9. The number of likely N-dealkylation sites (tertiary alicyclic amines) is 1. The van der Waals surface area contributed by atoms with Gasteiger partial charge in [0, 0.05) is 13.7 Å². The number of hydrogen-bond donors (Lipinski definition) is 0. The quantitative estimate of drug-likeness (QED) is 0.493. The lowest BCUT2D eigenvalue weighted by Gasteiger charge is -2.47. The van der Waals surface area contributed by atoms with Gasteiger partial charge in [0.15, 0.2) is 0 Å². The maximum Gasteiger partial charge on any atom is 0.410 e. The number of carbonyl (C=O) groups is 2. The Morgan fingerprint density at radius 3 is 1.93 bits per heavy atom. The number of benzene rings is 2. The van der Waals surface area contributed by atoms with Gasteiger partial charge in [0.25, 0.3) is 8.32 Å². The van der Waals surface area contributed by atoms with Gasteiger partial charge in [-0.25, -0.2) is 4.79 Å². The molecule has 3 aliphatic heterocycles. The molecule has 40 heavy (non-hydrogen) atoms. The van der Waals surface area contributed by atoms with Crippen LogP contribution in [0.4, 0.5) is 4.79 Å². The molecule has 0 radical (unpaired) electrons. The van der Waals surface area contributed by atoms with Crippen LogP contribution >= 0.6 is 0 Å². The number of ether oxygens (including phenoxy) is 2. The van der Waals surface area contributed by atoms with Crippen LogP contribution < -0.4 is 10.4 Å². The van der Waals surface area contributed by atoms with Crippen LogP contribution in [0.5, 0.6) is 0 Å². The summed E-state index contributed by atoms with van der Waals surface area (Å²) in [5, 5.41) is 2.13. The molecule has 0 aromatic heterocycles. The van der Waals surface area contributed by atoms with Gasteiger partial charge in [0.2, 0.25) is 5.91 Å². The molecule has 8 heteroatoms. The molecular formula is C32H44N2O5Si. The Hall–Kier alpha value is -2.68. The predicted octanol–water partition coefficient (Wildman–Crippen LogP) is 4.19. The Morgan fingerprint density at radius 1 is 0.875 bits per heavy atom. The second-order valence-electron chi connectivity index (χ2n) is 13.6. The molecule has 3 fully saturated rings. The first-order chi connectivity index (χ1) is 18.9. The maximum atomic E-state index is 13.7. The third-order valence-electron chi connectivity index (χ3n) is 8.71. The minimum Gasteiger partial charge on any atom is -0.444 e. The third kappa shape index (κ3) is 4.99. The number of hydrogen-bond acceptors (Lipinski definition) is 5. The van der Waals surface area contributed by atoms with E-state index in [1.165, 1.54) is 10.4 Å². The summed E-state index contributed by atoms with van der Waals surface area (Å²) in [4.78, 5) is 31.1. The number of fused-ring (bicyclic) bond motifs is 2. The average Bonchev–Trinajstić information content (AvgIpc) is 2.99. The van der Waals surface area contributed by atoms with Crippen LogP contribution in [0, 0.1) is 5.92 Å². The SMILES string of the molecule is COCC(=O)N1C[C@@H]2C[C@@H]3C1[C@@H](O[Si](c1ccccc1)(c1ccccc1)C(C)(C)C)[C@H](C2)N3C(=O)OC(C)(C)C. The molecule has 0 aliphatic carbocycles. The van der Waals surface area contributed by atoms with Crippen molar-refractivity contribution in [1.82, 2.24) is 9.80 Å². The minimum absolute atomic E-state index is 0.0129. The third-order valence-corrected chi connectivity index (χ3v) is 13.7. The van der Waals surface area contributed by atoms with Gasteiger partial charge in [-0.1, -0.05) is 81.4 Å². The summed E-state index contributed by atoms with van der Waals surface area (Å²) in [6, 6.07) is 20.5. The number of piperidine rings is 2. The Kier molecular flexibility index (Phi) is 7.65. The first kappa shape index (κ1) is 28.8. The molecule has 0 saturated carbocycles. The van der Waals surface area contributed by atoms with E-state index in [1.807, 2.05) is 42.7 Å². The predicted molar refractivity (Wildman–Crippen MR) is 158 cm³/mol. The molecule has 2 aromatic rings. The van der Waals surface area contributed by atoms with Crippen LogP contribution in [0.3, 0.4) is 0 Å². The van der Waals surface area contributed by atoms with Gasteiger partial charge < -0.3 is 18.8 Å². The summed E-state index contributed by atoms with van der Waals surface area (Å²) >= 11 is 0. The smallest absolute Gasteiger partial charge is 0.410 e. The highest BCUT2D eigenvalue weighted by atomic mass is 28.4. The fourth-order valence-corrected chi connectivity index (χ4v) is 12.1. The first-order valence-corrected chi connectivity index (χ1v) is 16.4. The normalized spacial score (nSPS) is 26.2. The highest BCUT2D eigenvalue weighted by Crippen LogP contribution is 2.49. The number of rotatable bonds is 6. The summed E-state index contributed by atoms with van der Waals surface area (Å²) in [7, 11) is -1.40. The van der Waals surface area contributed by atoms with E-state index in [2.05, 4.69) is 69.3 Å². The number of methoxy groups -OCH3 is 1. The lowest BCUT2D eigenvalue weighted by atomic mass is 9.86. The molecule has 3 saturated heterocycles. The Balaban J connectivity index is 1.66. The molecule has 2 amide bonds. The van der Waals surface area contributed by atoms with Crippen molar-refractivity contribution in [2.75, 3.05) is 20.3 Å². The molecule has 3 aliphatic rings. The van der Waals surface area contributed by atoms with E-state index in [9.17, 15) is 9.59 Å². The van der Waals surface area contributed by atoms with Crippen molar-refractivity contribution in [3.63, 3.8) is 0 Å². The molecule has 0 spiro atoms. The standard InChI is InChI=1S/C32H44N2O5Si/c1-31(2,3)38-30(36)34-25-18-22-19-26(34)29(28(25)33(20-22)27(35)21-37-7)39-40(32(4,5)6,23-14-10-8-11-15-23)24-16-12-9-13-17-24/h8-17,22,25-26,28-29H,18-21H2,1-7H3/t22-,25-,26+,28?,29+/m1/s1. The van der Waals surface area contributed by atoms with E-state index < -0.39 is 13.9 Å². The highest BCUT2D eigenvalue weighted by Gasteiger charge is 2.64. The summed E-state index contributed by atoms with van der Waals surface area (Å²) in [6.45, 7) is 13.2. The van der Waals surface area contributed by atoms with Crippen LogP contribution in [0.15, 0.2) is 60.7 Å². The first-order valence-electron chi connectivity index (χ1n) is 14.5. The van der Waals surface area contributed by atoms with Crippen molar-refractivity contribution < 1.29 is 23.5 Å². The molecular weight excluding hydrogens is 520 g/mol. The van der Waals surface area contributed by atoms with Crippen molar-refractivity contribution in [2.45, 2.75) is 89.3 Å². The monoisotopic (exact) mass is 564 g/mol. The average molecular weight is 565 g/mol. The maximum absolute atomic E-state index is 13.7. The van der Waals surface area contributed by atoms with Crippen LogP contribution in [0.1, 0.15) is 54.4 Å². The van der Waals surface area contributed by atoms with Crippen molar-refractivity contribution in [1.29, 1.82) is 0 Å². The molecule has 7 nitrogen and oxygen atoms in total. The van der Waals surface area contributed by atoms with Gasteiger partial charge in [0.1, 0.15) is 12.2 Å². The summed E-state index contributed by atoms with van der Waals surface area (Å²) in [6.07, 6.45) is 0.960. The largest absolute Gasteiger partial charge is 0.444 e. The van der Waals surface area contributed by atoms with Gasteiger partial charge in [-0.2, -0.15) is 0 Å². The van der Waals surface area contributed by atoms with Gasteiger partial charge in [-0.3, -0.25) is 9.69 Å². The van der Waals surface area contributed by atoms with E-state index in [0.717, 1.165) is 12.8 Å². The molecule has 0 N–H and O–H groups in total. The van der Waals surface area contributed by atoms with Crippen molar-refractivity contribution in [2.24, 2.45) is 5.92 Å². The summed E-state index contributed by atoms with van der Waals surface area (Å²) in [5.41, 5.74) is -0.618.